The highest BCUT2D eigenvalue weighted by Crippen LogP contribution is 2.32. The summed E-state index contributed by atoms with van der Waals surface area (Å²) >= 11 is 8.64. The van der Waals surface area contributed by atoms with Crippen LogP contribution in [-0.2, 0) is 17.3 Å². The first-order valence-corrected chi connectivity index (χ1v) is 8.67. The highest BCUT2D eigenvalue weighted by atomic mass is 79.9. The van der Waals surface area contributed by atoms with Crippen molar-refractivity contribution in [3.8, 4) is 0 Å². The molecule has 0 aliphatic heterocycles. The van der Waals surface area contributed by atoms with E-state index in [9.17, 15) is 4.21 Å². The smallest absolute Gasteiger partial charge is 0.0843 e. The van der Waals surface area contributed by atoms with E-state index < -0.39 is 10.8 Å². The van der Waals surface area contributed by atoms with Crippen molar-refractivity contribution in [1.82, 2.24) is 5.32 Å². The van der Waals surface area contributed by atoms with Crippen molar-refractivity contribution in [1.29, 1.82) is 0 Å². The highest BCUT2D eigenvalue weighted by molar-refractivity contribution is 9.13. The number of thiophene rings is 1. The third-order valence-corrected chi connectivity index (χ3v) is 5.90. The van der Waals surface area contributed by atoms with Crippen LogP contribution in [0.4, 0.5) is 0 Å². The van der Waals surface area contributed by atoms with Gasteiger partial charge in [0, 0.05) is 38.7 Å². The van der Waals surface area contributed by atoms with Gasteiger partial charge in [0.15, 0.2) is 0 Å². The summed E-state index contributed by atoms with van der Waals surface area (Å²) in [6.45, 7) is 1.80. The Morgan fingerprint density at radius 3 is 2.80 bits per heavy atom. The molecule has 0 saturated heterocycles. The first-order valence-electron chi connectivity index (χ1n) is 4.54. The van der Waals surface area contributed by atoms with E-state index in [0.29, 0.717) is 0 Å². The molecule has 0 amide bonds. The Bertz CT molecular complexity index is 321. The summed E-state index contributed by atoms with van der Waals surface area (Å²) in [7, 11) is -0.665. The van der Waals surface area contributed by atoms with Crippen molar-refractivity contribution >= 4 is 54.0 Å². The van der Waals surface area contributed by atoms with Gasteiger partial charge in [0.1, 0.15) is 0 Å². The lowest BCUT2D eigenvalue weighted by atomic mass is 10.4. The molecule has 0 saturated carbocycles. The van der Waals surface area contributed by atoms with Gasteiger partial charge >= 0.3 is 0 Å². The lowest BCUT2D eigenvalue weighted by molar-refractivity contribution is 0.665. The molecule has 1 rings (SSSR count). The van der Waals surface area contributed by atoms with E-state index >= 15 is 0 Å². The molecule has 0 aliphatic carbocycles. The molecule has 1 N–H and O–H groups in total. The number of nitrogens with one attached hydrogen (secondary N) is 1. The second kappa shape index (κ2) is 7.17. The monoisotopic (exact) mass is 373 g/mol. The lowest BCUT2D eigenvalue weighted by Crippen LogP contribution is -2.15. The maximum atomic E-state index is 10.8. The SMILES string of the molecule is CS(=O)CCCNCc1cc(Br)c(Br)s1. The first kappa shape index (κ1) is 13.8. The van der Waals surface area contributed by atoms with Crippen LogP contribution in [0.2, 0.25) is 0 Å². The van der Waals surface area contributed by atoms with E-state index in [2.05, 4.69) is 43.2 Å². The third kappa shape index (κ3) is 5.58. The zero-order valence-corrected chi connectivity index (χ0v) is 13.2. The molecule has 0 radical (unpaired) electrons. The van der Waals surface area contributed by atoms with Gasteiger partial charge < -0.3 is 5.32 Å². The topological polar surface area (TPSA) is 29.1 Å². The molecule has 1 unspecified atom stereocenters. The van der Waals surface area contributed by atoms with Crippen molar-refractivity contribution in [3.63, 3.8) is 0 Å². The molecule has 0 bridgehead atoms. The Morgan fingerprint density at radius 1 is 1.53 bits per heavy atom. The van der Waals surface area contributed by atoms with Crippen LogP contribution in [-0.4, -0.2) is 22.8 Å². The van der Waals surface area contributed by atoms with E-state index in [-0.39, 0.29) is 0 Å². The Balaban J connectivity index is 2.18. The predicted molar refractivity (Wildman–Crippen MR) is 75.0 cm³/mol. The molecular weight excluding hydrogens is 362 g/mol. The Morgan fingerprint density at radius 2 is 2.27 bits per heavy atom. The molecule has 15 heavy (non-hydrogen) atoms. The van der Waals surface area contributed by atoms with Crippen molar-refractivity contribution in [2.24, 2.45) is 0 Å². The number of rotatable bonds is 6. The van der Waals surface area contributed by atoms with Gasteiger partial charge in [-0.2, -0.15) is 0 Å². The van der Waals surface area contributed by atoms with Gasteiger partial charge in [0.05, 0.1) is 3.79 Å². The standard InChI is InChI=1S/C9H13Br2NOS2/c1-15(13)4-2-3-12-6-7-5-8(10)9(11)14-7/h5,12H,2-4,6H2,1H3. The largest absolute Gasteiger partial charge is 0.312 e. The summed E-state index contributed by atoms with van der Waals surface area (Å²) in [5, 5.41) is 3.33. The van der Waals surface area contributed by atoms with Crippen molar-refractivity contribution in [2.75, 3.05) is 18.6 Å². The molecule has 86 valence electrons. The summed E-state index contributed by atoms with van der Waals surface area (Å²) in [6, 6.07) is 2.11. The lowest BCUT2D eigenvalue weighted by Gasteiger charge is -2.01. The van der Waals surface area contributed by atoms with Crippen molar-refractivity contribution in [2.45, 2.75) is 13.0 Å². The van der Waals surface area contributed by atoms with Crippen LogP contribution in [0, 0.1) is 0 Å². The van der Waals surface area contributed by atoms with Gasteiger partial charge in [-0.15, -0.1) is 11.3 Å². The fraction of sp³-hybridized carbons (Fsp3) is 0.556. The Hall–Kier alpha value is 0.770. The minimum absolute atomic E-state index is 0.665. The number of hydrogen-bond donors (Lipinski definition) is 1. The summed E-state index contributed by atoms with van der Waals surface area (Å²) in [4.78, 5) is 1.30. The molecule has 6 heteroatoms. The quantitative estimate of drug-likeness (QED) is 0.775. The minimum Gasteiger partial charge on any atom is -0.312 e. The van der Waals surface area contributed by atoms with Gasteiger partial charge in [0.2, 0.25) is 0 Å². The molecule has 0 fully saturated rings. The molecule has 0 aromatic carbocycles. The average Bonchev–Trinajstić information content (AvgIpc) is 2.45. The van der Waals surface area contributed by atoms with E-state index in [1.807, 2.05) is 0 Å². The molecule has 1 atom stereocenters. The van der Waals surface area contributed by atoms with Crippen LogP contribution in [0.25, 0.3) is 0 Å². The zero-order chi connectivity index (χ0) is 11.3. The fourth-order valence-corrected chi connectivity index (χ4v) is 3.79. The Labute approximate surface area is 114 Å². The van der Waals surface area contributed by atoms with Crippen LogP contribution in [0.15, 0.2) is 14.3 Å². The summed E-state index contributed by atoms with van der Waals surface area (Å²) in [5.41, 5.74) is 0. The molecule has 2 nitrogen and oxygen atoms in total. The van der Waals surface area contributed by atoms with Gasteiger partial charge in [-0.25, -0.2) is 0 Å². The zero-order valence-electron chi connectivity index (χ0n) is 8.39. The van der Waals surface area contributed by atoms with E-state index in [0.717, 1.165) is 33.5 Å². The second-order valence-corrected chi connectivity index (χ2v) is 8.01. The molecule has 0 aliphatic rings. The number of hydrogen-bond acceptors (Lipinski definition) is 3. The van der Waals surface area contributed by atoms with Crippen LogP contribution in [0.3, 0.4) is 0 Å². The predicted octanol–water partition coefficient (Wildman–Crippen LogP) is 3.13. The Kier molecular flexibility index (Phi) is 6.61. The normalized spacial score (nSPS) is 13.0. The third-order valence-electron chi connectivity index (χ3n) is 1.78. The van der Waals surface area contributed by atoms with Crippen LogP contribution in [0.5, 0.6) is 0 Å². The maximum Gasteiger partial charge on any atom is 0.0843 e. The van der Waals surface area contributed by atoms with Crippen LogP contribution >= 0.6 is 43.2 Å². The molecule has 1 heterocycles. The van der Waals surface area contributed by atoms with Crippen molar-refractivity contribution in [3.05, 3.63) is 19.2 Å². The summed E-state index contributed by atoms with van der Waals surface area (Å²) in [6.07, 6.45) is 2.71. The van der Waals surface area contributed by atoms with Crippen LogP contribution in [0.1, 0.15) is 11.3 Å². The van der Waals surface area contributed by atoms with Gasteiger partial charge in [-0.3, -0.25) is 4.21 Å². The van der Waals surface area contributed by atoms with E-state index in [1.54, 1.807) is 17.6 Å². The van der Waals surface area contributed by atoms with Crippen molar-refractivity contribution < 1.29 is 4.21 Å². The van der Waals surface area contributed by atoms with Gasteiger partial charge in [-0.1, -0.05) is 0 Å². The fourth-order valence-electron chi connectivity index (χ4n) is 1.09. The van der Waals surface area contributed by atoms with Gasteiger partial charge in [-0.05, 0) is 50.9 Å². The summed E-state index contributed by atoms with van der Waals surface area (Å²) in [5.74, 6) is 0.783. The number of halogens is 2. The maximum absolute atomic E-state index is 10.8. The average molecular weight is 375 g/mol. The first-order chi connectivity index (χ1) is 7.09. The second-order valence-electron chi connectivity index (χ2n) is 3.14. The molecular formula is C9H13Br2NOS2. The summed E-state index contributed by atoms with van der Waals surface area (Å²) < 4.78 is 13.0. The molecule has 1 aromatic heterocycles. The minimum atomic E-state index is -0.665. The highest BCUT2D eigenvalue weighted by Gasteiger charge is 2.03. The van der Waals surface area contributed by atoms with E-state index in [4.69, 9.17) is 0 Å². The van der Waals surface area contributed by atoms with Gasteiger partial charge in [0.25, 0.3) is 0 Å². The molecule has 1 aromatic rings. The molecule has 0 spiro atoms. The van der Waals surface area contributed by atoms with E-state index in [1.165, 1.54) is 4.88 Å². The van der Waals surface area contributed by atoms with Crippen LogP contribution < -0.4 is 5.32 Å².